The number of ether oxygens (including phenoxy) is 2. The van der Waals surface area contributed by atoms with Gasteiger partial charge >= 0.3 is 0 Å². The van der Waals surface area contributed by atoms with Gasteiger partial charge in [0.25, 0.3) is 0 Å². The minimum Gasteiger partial charge on any atom is -0.475 e. The third-order valence-corrected chi connectivity index (χ3v) is 5.81. The molecule has 4 atom stereocenters. The van der Waals surface area contributed by atoms with Crippen LogP contribution >= 0.6 is 0 Å². The third-order valence-electron chi connectivity index (χ3n) is 4.42. The second kappa shape index (κ2) is 7.64. The molecule has 10 nitrogen and oxygen atoms in total. The lowest BCUT2D eigenvalue weighted by atomic mass is 9.93. The summed E-state index contributed by atoms with van der Waals surface area (Å²) < 4.78 is 61.8. The molecule has 0 radical (unpaired) electrons. The van der Waals surface area contributed by atoms with Crippen LogP contribution in [0.3, 0.4) is 0 Å². The lowest BCUT2D eigenvalue weighted by molar-refractivity contribution is 0.177. The zero-order chi connectivity index (χ0) is 20.6. The lowest BCUT2D eigenvalue weighted by Crippen LogP contribution is -2.36. The van der Waals surface area contributed by atoms with Crippen molar-refractivity contribution in [1.82, 2.24) is 9.44 Å². The molecule has 156 valence electrons. The van der Waals surface area contributed by atoms with Crippen molar-refractivity contribution < 1.29 is 26.3 Å². The molecule has 0 saturated carbocycles. The van der Waals surface area contributed by atoms with Crippen LogP contribution in [0.2, 0.25) is 0 Å². The van der Waals surface area contributed by atoms with Gasteiger partial charge in [-0.25, -0.2) is 36.3 Å². The number of nitrogens with zero attached hydrogens (tertiary/aromatic N) is 2. The van der Waals surface area contributed by atoms with E-state index in [0.29, 0.717) is 11.8 Å². The van der Waals surface area contributed by atoms with Gasteiger partial charge in [0, 0.05) is 13.1 Å². The summed E-state index contributed by atoms with van der Waals surface area (Å²) in [5, 5.41) is 0. The van der Waals surface area contributed by atoms with Gasteiger partial charge in [-0.2, -0.15) is 0 Å². The van der Waals surface area contributed by atoms with Crippen molar-refractivity contribution in [2.24, 2.45) is 15.4 Å². The molecule has 0 saturated heterocycles. The highest BCUT2D eigenvalue weighted by Gasteiger charge is 2.44. The Morgan fingerprint density at radius 1 is 0.852 bits per heavy atom. The molecule has 0 aliphatic carbocycles. The fourth-order valence-corrected chi connectivity index (χ4v) is 3.63. The molecular weight excluding hydrogens is 396 g/mol. The molecule has 0 aromatic heterocycles. The standard InChI is InChI=1S/C15H28N4O6S2/c1-9-11(7-16-26(5,20)21)18-13(24-9)15(3,4)14-19-12(10(2)25-14)8-17-27(6,22)23/h9-12,16-17H,7-8H2,1-6H3/t9-,10-,11-,12-/m1/s1. The molecule has 0 spiro atoms. The van der Waals surface area contributed by atoms with E-state index in [2.05, 4.69) is 19.4 Å². The van der Waals surface area contributed by atoms with Crippen LogP contribution in [0.4, 0.5) is 0 Å². The van der Waals surface area contributed by atoms with Crippen LogP contribution in [0.1, 0.15) is 27.7 Å². The van der Waals surface area contributed by atoms with E-state index in [1.54, 1.807) is 0 Å². The van der Waals surface area contributed by atoms with Crippen LogP contribution < -0.4 is 9.44 Å². The van der Waals surface area contributed by atoms with Gasteiger partial charge in [-0.1, -0.05) is 0 Å². The van der Waals surface area contributed by atoms with Crippen molar-refractivity contribution in [2.75, 3.05) is 25.6 Å². The Hall–Kier alpha value is -1.24. The van der Waals surface area contributed by atoms with Crippen LogP contribution in [0.25, 0.3) is 0 Å². The molecule has 27 heavy (non-hydrogen) atoms. The van der Waals surface area contributed by atoms with Crippen molar-refractivity contribution in [3.8, 4) is 0 Å². The molecule has 2 rings (SSSR count). The van der Waals surface area contributed by atoms with E-state index in [9.17, 15) is 16.8 Å². The monoisotopic (exact) mass is 424 g/mol. The minimum absolute atomic E-state index is 0.143. The van der Waals surface area contributed by atoms with Gasteiger partial charge in [0.1, 0.15) is 29.7 Å². The summed E-state index contributed by atoms with van der Waals surface area (Å²) in [5.41, 5.74) is -0.762. The maximum absolute atomic E-state index is 11.3. The van der Waals surface area contributed by atoms with Crippen LogP contribution in [-0.4, -0.2) is 78.5 Å². The quantitative estimate of drug-likeness (QED) is 0.538. The first-order valence-corrected chi connectivity index (χ1v) is 12.4. The molecule has 12 heteroatoms. The molecule has 2 aliphatic heterocycles. The maximum Gasteiger partial charge on any atom is 0.208 e. The third kappa shape index (κ3) is 5.87. The highest BCUT2D eigenvalue weighted by atomic mass is 32.2. The zero-order valence-corrected chi connectivity index (χ0v) is 18.0. The first-order chi connectivity index (χ1) is 12.2. The van der Waals surface area contributed by atoms with E-state index in [4.69, 9.17) is 9.47 Å². The highest BCUT2D eigenvalue weighted by molar-refractivity contribution is 7.89. The lowest BCUT2D eigenvalue weighted by Gasteiger charge is -2.24. The molecular formula is C15H28N4O6S2. The van der Waals surface area contributed by atoms with Gasteiger partial charge in [0.15, 0.2) is 11.8 Å². The van der Waals surface area contributed by atoms with Gasteiger partial charge in [-0.15, -0.1) is 0 Å². The van der Waals surface area contributed by atoms with Crippen LogP contribution in [0.5, 0.6) is 0 Å². The average molecular weight is 425 g/mol. The fraction of sp³-hybridized carbons (Fsp3) is 0.867. The number of sulfonamides is 2. The molecule has 0 bridgehead atoms. The summed E-state index contributed by atoms with van der Waals surface area (Å²) in [4.78, 5) is 9.04. The Balaban J connectivity index is 2.12. The van der Waals surface area contributed by atoms with Crippen molar-refractivity contribution >= 4 is 31.8 Å². The Morgan fingerprint density at radius 3 is 1.48 bits per heavy atom. The van der Waals surface area contributed by atoms with Crippen LogP contribution in [0, 0.1) is 5.41 Å². The maximum atomic E-state index is 11.3. The summed E-state index contributed by atoms with van der Waals surface area (Å²) in [6.45, 7) is 7.63. The molecule has 0 aromatic carbocycles. The van der Waals surface area contributed by atoms with E-state index < -0.39 is 25.5 Å². The molecule has 2 N–H and O–H groups in total. The van der Waals surface area contributed by atoms with Crippen molar-refractivity contribution in [1.29, 1.82) is 0 Å². The van der Waals surface area contributed by atoms with E-state index in [1.165, 1.54) is 0 Å². The second-order valence-corrected chi connectivity index (χ2v) is 11.2. The number of aliphatic imine (C=N–C) groups is 2. The van der Waals surface area contributed by atoms with Gasteiger partial charge in [-0.3, -0.25) is 0 Å². The summed E-state index contributed by atoms with van der Waals surface area (Å²) in [6, 6.07) is -0.702. The molecule has 2 aliphatic rings. The number of nitrogens with one attached hydrogen (secondary N) is 2. The van der Waals surface area contributed by atoms with Gasteiger partial charge in [0.2, 0.25) is 20.0 Å². The highest BCUT2D eigenvalue weighted by Crippen LogP contribution is 2.32. The molecule has 0 unspecified atom stereocenters. The van der Waals surface area contributed by atoms with Crippen LogP contribution in [0.15, 0.2) is 9.98 Å². The van der Waals surface area contributed by atoms with Crippen molar-refractivity contribution in [2.45, 2.75) is 52.0 Å². The van der Waals surface area contributed by atoms with Crippen LogP contribution in [-0.2, 0) is 29.5 Å². The predicted octanol–water partition coefficient (Wildman–Crippen LogP) is -0.517. The smallest absolute Gasteiger partial charge is 0.208 e. The SMILES string of the molecule is C[C@H]1OC(C(C)(C)C2=N[C@H](CNS(C)(=O)=O)[C@@H](C)O2)=N[C@@H]1CNS(C)(=O)=O. The Labute approximate surface area is 160 Å². The van der Waals surface area contributed by atoms with Crippen molar-refractivity contribution in [3.05, 3.63) is 0 Å². The topological polar surface area (TPSA) is 136 Å². The van der Waals surface area contributed by atoms with E-state index in [-0.39, 0.29) is 37.4 Å². The first-order valence-electron chi connectivity index (χ1n) is 8.58. The minimum atomic E-state index is -3.32. The van der Waals surface area contributed by atoms with E-state index >= 15 is 0 Å². The molecule has 0 aromatic rings. The van der Waals surface area contributed by atoms with Gasteiger partial charge in [-0.05, 0) is 27.7 Å². The summed E-state index contributed by atoms with van der Waals surface area (Å²) in [7, 11) is -6.63. The zero-order valence-electron chi connectivity index (χ0n) is 16.4. The van der Waals surface area contributed by atoms with Gasteiger partial charge < -0.3 is 9.47 Å². The summed E-state index contributed by atoms with van der Waals surface area (Å²) >= 11 is 0. The van der Waals surface area contributed by atoms with Crippen molar-refractivity contribution in [3.63, 3.8) is 0 Å². The average Bonchev–Trinajstić information content (AvgIpc) is 3.05. The molecule has 0 amide bonds. The van der Waals surface area contributed by atoms with E-state index in [1.807, 2.05) is 27.7 Å². The Bertz CT molecular complexity index is 766. The Kier molecular flexibility index (Phi) is 6.24. The normalized spacial score (nSPS) is 29.1. The van der Waals surface area contributed by atoms with E-state index in [0.717, 1.165) is 12.5 Å². The Morgan fingerprint density at radius 2 is 1.19 bits per heavy atom. The first kappa shape index (κ1) is 22.1. The summed E-state index contributed by atoms with van der Waals surface area (Å²) in [6.07, 6.45) is 1.59. The number of hydrogen-bond donors (Lipinski definition) is 2. The number of hydrogen-bond acceptors (Lipinski definition) is 8. The van der Waals surface area contributed by atoms with Gasteiger partial charge in [0.05, 0.1) is 12.5 Å². The molecule has 2 heterocycles. The largest absolute Gasteiger partial charge is 0.475 e. The fourth-order valence-electron chi connectivity index (χ4n) is 2.69. The predicted molar refractivity (Wildman–Crippen MR) is 103 cm³/mol. The molecule has 0 fully saturated rings. The number of rotatable bonds is 8. The summed E-state index contributed by atoms with van der Waals surface area (Å²) in [5.74, 6) is 0.830. The second-order valence-electron chi connectivity index (χ2n) is 7.52.